The summed E-state index contributed by atoms with van der Waals surface area (Å²) in [5, 5.41) is 18.0. The molecular weight excluding hydrogens is 334 g/mol. The molecule has 0 aromatic carbocycles. The van der Waals surface area contributed by atoms with E-state index in [0.29, 0.717) is 0 Å². The van der Waals surface area contributed by atoms with Crippen LogP contribution in [0.3, 0.4) is 0 Å². The van der Waals surface area contributed by atoms with Gasteiger partial charge in [0, 0.05) is 0 Å². The number of rotatable bonds is 4. The zero-order chi connectivity index (χ0) is 18.1. The number of carbonyl (C=O) groups is 4. The van der Waals surface area contributed by atoms with E-state index in [2.05, 4.69) is 0 Å². The fraction of sp³-hybridized carbons (Fsp3) is 0.500. The van der Waals surface area contributed by atoms with Crippen molar-refractivity contribution < 1.29 is 55.7 Å². The second kappa shape index (κ2) is 8.68. The van der Waals surface area contributed by atoms with Crippen LogP contribution in [0.4, 0.5) is 26.3 Å². The predicted octanol–water partition coefficient (Wildman–Crippen LogP) is -0.501. The quantitative estimate of drug-likeness (QED) is 0.509. The number of carboxylic acids is 2. The van der Waals surface area contributed by atoms with Gasteiger partial charge >= 0.3 is 36.1 Å². The van der Waals surface area contributed by atoms with Crippen LogP contribution in [0.5, 0.6) is 0 Å². The van der Waals surface area contributed by atoms with Crippen molar-refractivity contribution in [3.8, 4) is 0 Å². The molecule has 0 aliphatic rings. The lowest BCUT2D eigenvalue weighted by molar-refractivity contribution is -0.174. The number of aliphatic carboxylic acids is 2. The number of carbonyl (C=O) groups excluding carboxylic acids is 2. The number of hydrogen-bond acceptors (Lipinski definition) is 4. The Morgan fingerprint density at radius 1 is 0.682 bits per heavy atom. The van der Waals surface area contributed by atoms with E-state index >= 15 is 0 Å². The summed E-state index contributed by atoms with van der Waals surface area (Å²) >= 11 is 0. The first-order valence-corrected chi connectivity index (χ1v) is 4.81. The zero-order valence-corrected chi connectivity index (χ0v) is 10.2. The van der Waals surface area contributed by atoms with Gasteiger partial charge in [-0.25, -0.2) is 0 Å². The van der Waals surface area contributed by atoms with Crippen molar-refractivity contribution in [1.29, 1.82) is 0 Å². The summed E-state index contributed by atoms with van der Waals surface area (Å²) in [7, 11) is 0. The van der Waals surface area contributed by atoms with Gasteiger partial charge in [0.1, 0.15) is 13.1 Å². The third-order valence-corrected chi connectivity index (χ3v) is 1.32. The molecule has 8 nitrogen and oxygen atoms in total. The zero-order valence-electron chi connectivity index (χ0n) is 10.2. The molecular formula is C8H8F6N2O6. The van der Waals surface area contributed by atoms with Gasteiger partial charge in [-0.05, 0) is 0 Å². The highest BCUT2D eigenvalue weighted by Crippen LogP contribution is 2.14. The molecule has 0 atom stereocenters. The highest BCUT2D eigenvalue weighted by molar-refractivity contribution is 5.85. The van der Waals surface area contributed by atoms with Crippen LogP contribution in [0.25, 0.3) is 0 Å². The monoisotopic (exact) mass is 342 g/mol. The van der Waals surface area contributed by atoms with Crippen LogP contribution < -0.4 is 10.6 Å². The van der Waals surface area contributed by atoms with Crippen molar-refractivity contribution >= 4 is 23.8 Å². The van der Waals surface area contributed by atoms with Crippen molar-refractivity contribution in [2.24, 2.45) is 0 Å². The third-order valence-electron chi connectivity index (χ3n) is 1.32. The third kappa shape index (κ3) is 12.5. The average molecular weight is 342 g/mol. The molecule has 14 heteroatoms. The molecule has 22 heavy (non-hydrogen) atoms. The molecule has 0 fully saturated rings. The lowest BCUT2D eigenvalue weighted by Crippen LogP contribution is -2.39. The van der Waals surface area contributed by atoms with Gasteiger partial charge in [0.2, 0.25) is 0 Å². The van der Waals surface area contributed by atoms with Gasteiger partial charge in [0.15, 0.2) is 0 Å². The summed E-state index contributed by atoms with van der Waals surface area (Å²) in [6.07, 6.45) is -10.0. The minimum atomic E-state index is -5.02. The second-order valence-corrected chi connectivity index (χ2v) is 3.15. The van der Waals surface area contributed by atoms with Crippen LogP contribution in [0.1, 0.15) is 0 Å². The largest absolute Gasteiger partial charge is 0.480 e. The van der Waals surface area contributed by atoms with Crippen LogP contribution in [0.2, 0.25) is 0 Å². The molecule has 0 radical (unpaired) electrons. The van der Waals surface area contributed by atoms with E-state index in [0.717, 1.165) is 10.6 Å². The predicted molar refractivity (Wildman–Crippen MR) is 53.4 cm³/mol. The Bertz CT molecular complexity index is 392. The van der Waals surface area contributed by atoms with Crippen LogP contribution in [-0.4, -0.2) is 59.4 Å². The van der Waals surface area contributed by atoms with Crippen molar-refractivity contribution in [3.63, 3.8) is 0 Å². The summed E-state index contributed by atoms with van der Waals surface area (Å²) in [5.74, 6) is -7.55. The van der Waals surface area contributed by atoms with Crippen molar-refractivity contribution in [2.45, 2.75) is 12.4 Å². The van der Waals surface area contributed by atoms with E-state index < -0.39 is 49.2 Å². The van der Waals surface area contributed by atoms with Gasteiger partial charge in [-0.1, -0.05) is 0 Å². The molecule has 0 rings (SSSR count). The Balaban J connectivity index is 0. The lowest BCUT2D eigenvalue weighted by atomic mass is 10.5. The number of halogens is 6. The molecule has 0 heterocycles. The number of nitrogens with one attached hydrogen (secondary N) is 2. The molecule has 0 saturated heterocycles. The van der Waals surface area contributed by atoms with Crippen LogP contribution in [0.15, 0.2) is 0 Å². The smallest absolute Gasteiger partial charge is 0.471 e. The summed E-state index contributed by atoms with van der Waals surface area (Å²) in [6, 6.07) is 0. The van der Waals surface area contributed by atoms with Gasteiger partial charge in [0.25, 0.3) is 0 Å². The topological polar surface area (TPSA) is 133 Å². The first-order valence-electron chi connectivity index (χ1n) is 4.81. The van der Waals surface area contributed by atoms with E-state index in [1.54, 1.807) is 0 Å². The SMILES string of the molecule is O=C(O)CNC(=O)C(F)(F)F.O=C(O)CNC(=O)C(F)(F)F. The number of hydrogen-bond donors (Lipinski definition) is 4. The van der Waals surface area contributed by atoms with E-state index in [1.165, 1.54) is 0 Å². The summed E-state index contributed by atoms with van der Waals surface area (Å²) in [6.45, 7) is -2.06. The molecule has 0 unspecified atom stereocenters. The number of carboxylic acid groups (broad SMARTS) is 2. The molecule has 2 amide bonds. The Morgan fingerprint density at radius 3 is 1.05 bits per heavy atom. The van der Waals surface area contributed by atoms with Crippen LogP contribution in [-0.2, 0) is 19.2 Å². The molecule has 4 N–H and O–H groups in total. The molecule has 0 aliphatic carbocycles. The van der Waals surface area contributed by atoms with Crippen molar-refractivity contribution in [2.75, 3.05) is 13.1 Å². The minimum Gasteiger partial charge on any atom is -0.480 e. The van der Waals surface area contributed by atoms with Crippen molar-refractivity contribution in [3.05, 3.63) is 0 Å². The summed E-state index contributed by atoms with van der Waals surface area (Å²) < 4.78 is 67.8. The van der Waals surface area contributed by atoms with Gasteiger partial charge in [0.05, 0.1) is 0 Å². The number of alkyl halides is 6. The standard InChI is InChI=1S/2C4H4F3NO3/c2*5-4(6,7)3(11)8-1-2(9)10/h2*1H2,(H,8,11)(H,9,10). The van der Waals surface area contributed by atoms with Crippen LogP contribution >= 0.6 is 0 Å². The Labute approximate surface area is 117 Å². The normalized spacial score (nSPS) is 10.8. The van der Waals surface area contributed by atoms with E-state index in [9.17, 15) is 45.5 Å². The molecule has 0 bridgehead atoms. The van der Waals surface area contributed by atoms with E-state index in [1.807, 2.05) is 0 Å². The van der Waals surface area contributed by atoms with E-state index in [-0.39, 0.29) is 0 Å². The van der Waals surface area contributed by atoms with Gasteiger partial charge in [-0.15, -0.1) is 0 Å². The highest BCUT2D eigenvalue weighted by atomic mass is 19.4. The summed E-state index contributed by atoms with van der Waals surface area (Å²) in [4.78, 5) is 39.0. The number of amides is 2. The Kier molecular flexibility index (Phi) is 8.58. The lowest BCUT2D eigenvalue weighted by Gasteiger charge is -2.04. The maximum Gasteiger partial charge on any atom is 0.471 e. The van der Waals surface area contributed by atoms with E-state index in [4.69, 9.17) is 10.2 Å². The molecule has 0 aromatic heterocycles. The van der Waals surface area contributed by atoms with Crippen LogP contribution in [0, 0.1) is 0 Å². The first kappa shape index (κ1) is 21.8. The van der Waals surface area contributed by atoms with Gasteiger partial charge < -0.3 is 20.8 Å². The molecule has 0 spiro atoms. The highest BCUT2D eigenvalue weighted by Gasteiger charge is 2.39. The molecule has 0 aromatic rings. The summed E-state index contributed by atoms with van der Waals surface area (Å²) in [5.41, 5.74) is 0. The molecule has 128 valence electrons. The minimum absolute atomic E-state index is 1.03. The maximum absolute atomic E-state index is 11.3. The maximum atomic E-state index is 11.3. The Morgan fingerprint density at radius 2 is 0.909 bits per heavy atom. The first-order chi connectivity index (χ1) is 9.67. The fourth-order valence-electron chi connectivity index (χ4n) is 0.512. The average Bonchev–Trinajstić information content (AvgIpc) is 2.31. The fourth-order valence-corrected chi connectivity index (χ4v) is 0.512. The molecule has 0 aliphatic heterocycles. The van der Waals surface area contributed by atoms with Gasteiger partial charge in [-0.2, -0.15) is 26.3 Å². The second-order valence-electron chi connectivity index (χ2n) is 3.15. The molecule has 0 saturated carbocycles. The van der Waals surface area contributed by atoms with Crippen molar-refractivity contribution in [1.82, 2.24) is 10.6 Å². The van der Waals surface area contributed by atoms with Gasteiger partial charge in [-0.3, -0.25) is 19.2 Å². The Hall–Kier alpha value is -2.54.